The van der Waals surface area contributed by atoms with Gasteiger partial charge in [-0.05, 0) is 62.6 Å². The molecule has 120 valence electrons. The summed E-state index contributed by atoms with van der Waals surface area (Å²) in [5.41, 5.74) is 0.649. The predicted octanol–water partition coefficient (Wildman–Crippen LogP) is 2.86. The first-order valence-electron chi connectivity index (χ1n) is 8.06. The van der Waals surface area contributed by atoms with Gasteiger partial charge in [-0.1, -0.05) is 0 Å². The first kappa shape index (κ1) is 14.3. The number of rotatable bonds is 4. The van der Waals surface area contributed by atoms with Gasteiger partial charge in [0.2, 0.25) is 0 Å². The van der Waals surface area contributed by atoms with Crippen LogP contribution in [-0.2, 0) is 0 Å². The van der Waals surface area contributed by atoms with Crippen molar-refractivity contribution in [2.24, 2.45) is 5.92 Å². The van der Waals surface area contributed by atoms with Crippen LogP contribution in [0.3, 0.4) is 0 Å². The van der Waals surface area contributed by atoms with Crippen LogP contribution in [0.5, 0.6) is 11.7 Å². The SMILES string of the molecule is Cc1ccc(Oc2ccc(C(=O)NC3CC4CNC3C4)cc2)o1. The quantitative estimate of drug-likeness (QED) is 0.911. The van der Waals surface area contributed by atoms with E-state index in [0.717, 1.165) is 24.6 Å². The van der Waals surface area contributed by atoms with Gasteiger partial charge in [0.15, 0.2) is 0 Å². The molecule has 1 amide bonds. The van der Waals surface area contributed by atoms with E-state index in [9.17, 15) is 4.79 Å². The minimum Gasteiger partial charge on any atom is -0.431 e. The van der Waals surface area contributed by atoms with E-state index in [1.807, 2.05) is 13.0 Å². The minimum atomic E-state index is -0.0234. The van der Waals surface area contributed by atoms with Crippen molar-refractivity contribution in [1.29, 1.82) is 0 Å². The molecule has 2 aliphatic rings. The van der Waals surface area contributed by atoms with Gasteiger partial charge in [-0.3, -0.25) is 4.79 Å². The molecule has 1 aromatic carbocycles. The second-order valence-corrected chi connectivity index (χ2v) is 6.42. The van der Waals surface area contributed by atoms with Gasteiger partial charge in [0, 0.05) is 23.7 Å². The fourth-order valence-electron chi connectivity index (χ4n) is 3.52. The highest BCUT2D eigenvalue weighted by Crippen LogP contribution is 2.31. The molecule has 1 aliphatic carbocycles. The van der Waals surface area contributed by atoms with Crippen molar-refractivity contribution in [3.05, 3.63) is 47.7 Å². The van der Waals surface area contributed by atoms with Gasteiger partial charge in [-0.25, -0.2) is 0 Å². The van der Waals surface area contributed by atoms with E-state index in [4.69, 9.17) is 9.15 Å². The largest absolute Gasteiger partial charge is 0.431 e. The van der Waals surface area contributed by atoms with Crippen LogP contribution in [0.2, 0.25) is 0 Å². The number of ether oxygens (including phenoxy) is 1. The molecule has 5 heteroatoms. The molecule has 2 bridgehead atoms. The Morgan fingerprint density at radius 2 is 2.04 bits per heavy atom. The van der Waals surface area contributed by atoms with Crippen LogP contribution >= 0.6 is 0 Å². The summed E-state index contributed by atoms with van der Waals surface area (Å²) in [5.74, 6) is 2.60. The Kier molecular flexibility index (Phi) is 3.58. The highest BCUT2D eigenvalue weighted by molar-refractivity contribution is 5.94. The van der Waals surface area contributed by atoms with Gasteiger partial charge in [0.25, 0.3) is 11.9 Å². The Morgan fingerprint density at radius 3 is 2.65 bits per heavy atom. The number of piperidine rings is 1. The molecular formula is C18H20N2O3. The van der Waals surface area contributed by atoms with Crippen molar-refractivity contribution >= 4 is 5.91 Å². The van der Waals surface area contributed by atoms with Crippen LogP contribution in [0.15, 0.2) is 40.8 Å². The number of fused-ring (bicyclic) bond motifs is 2. The highest BCUT2D eigenvalue weighted by atomic mass is 16.6. The summed E-state index contributed by atoms with van der Waals surface area (Å²) in [6.45, 7) is 2.96. The molecule has 1 saturated carbocycles. The summed E-state index contributed by atoms with van der Waals surface area (Å²) < 4.78 is 11.0. The molecule has 1 aliphatic heterocycles. The zero-order valence-corrected chi connectivity index (χ0v) is 13.0. The van der Waals surface area contributed by atoms with Crippen LogP contribution < -0.4 is 15.4 Å². The Labute approximate surface area is 135 Å². The van der Waals surface area contributed by atoms with Crippen LogP contribution in [0, 0.1) is 12.8 Å². The van der Waals surface area contributed by atoms with Gasteiger partial charge in [0.05, 0.1) is 0 Å². The summed E-state index contributed by atoms with van der Waals surface area (Å²) in [5, 5.41) is 6.59. The molecule has 23 heavy (non-hydrogen) atoms. The summed E-state index contributed by atoms with van der Waals surface area (Å²) in [6, 6.07) is 11.4. The lowest BCUT2D eigenvalue weighted by Crippen LogP contribution is -2.47. The summed E-state index contributed by atoms with van der Waals surface area (Å²) in [7, 11) is 0. The van der Waals surface area contributed by atoms with Gasteiger partial charge >= 0.3 is 0 Å². The van der Waals surface area contributed by atoms with E-state index in [0.29, 0.717) is 23.3 Å². The molecule has 2 aromatic rings. The summed E-state index contributed by atoms with van der Waals surface area (Å²) in [6.07, 6.45) is 2.27. The van der Waals surface area contributed by atoms with E-state index in [1.165, 1.54) is 6.42 Å². The van der Waals surface area contributed by atoms with Gasteiger partial charge in [-0.2, -0.15) is 0 Å². The van der Waals surface area contributed by atoms with Crippen LogP contribution in [-0.4, -0.2) is 24.5 Å². The standard InChI is InChI=1S/C18H20N2O3/c1-11-2-7-17(22-11)23-14-5-3-13(4-6-14)18(21)20-16-9-12-8-15(16)19-10-12/h2-7,12,15-16,19H,8-10H2,1H3,(H,20,21). The van der Waals surface area contributed by atoms with Crippen LogP contribution in [0.1, 0.15) is 29.0 Å². The fourth-order valence-corrected chi connectivity index (χ4v) is 3.52. The zero-order chi connectivity index (χ0) is 15.8. The molecule has 5 nitrogen and oxygen atoms in total. The fraction of sp³-hybridized carbons (Fsp3) is 0.389. The lowest BCUT2D eigenvalue weighted by molar-refractivity contribution is 0.0928. The Hall–Kier alpha value is -2.27. The average Bonchev–Trinajstić information content (AvgIpc) is 3.25. The van der Waals surface area contributed by atoms with Crippen molar-refractivity contribution in [2.75, 3.05) is 6.54 Å². The van der Waals surface area contributed by atoms with Crippen LogP contribution in [0.25, 0.3) is 0 Å². The van der Waals surface area contributed by atoms with Gasteiger partial charge in [0.1, 0.15) is 11.5 Å². The number of carbonyl (C=O) groups excluding carboxylic acids is 1. The Morgan fingerprint density at radius 1 is 1.22 bits per heavy atom. The number of hydrogen-bond acceptors (Lipinski definition) is 4. The third-order valence-corrected chi connectivity index (χ3v) is 4.70. The molecule has 3 atom stereocenters. The van der Waals surface area contributed by atoms with Crippen molar-refractivity contribution in [2.45, 2.75) is 31.8 Å². The first-order valence-corrected chi connectivity index (χ1v) is 8.06. The van der Waals surface area contributed by atoms with E-state index < -0.39 is 0 Å². The maximum Gasteiger partial charge on any atom is 0.290 e. The predicted molar refractivity (Wildman–Crippen MR) is 85.7 cm³/mol. The summed E-state index contributed by atoms with van der Waals surface area (Å²) in [4.78, 5) is 12.4. The third-order valence-electron chi connectivity index (χ3n) is 4.70. The average molecular weight is 312 g/mol. The molecule has 2 heterocycles. The Balaban J connectivity index is 1.38. The number of furan rings is 1. The smallest absolute Gasteiger partial charge is 0.290 e. The zero-order valence-electron chi connectivity index (χ0n) is 13.0. The molecule has 2 N–H and O–H groups in total. The monoisotopic (exact) mass is 312 g/mol. The first-order chi connectivity index (χ1) is 11.2. The van der Waals surface area contributed by atoms with E-state index in [2.05, 4.69) is 10.6 Å². The normalized spacial score (nSPS) is 25.5. The topological polar surface area (TPSA) is 63.5 Å². The van der Waals surface area contributed by atoms with Crippen molar-refractivity contribution < 1.29 is 13.9 Å². The maximum atomic E-state index is 12.4. The second kappa shape index (κ2) is 5.74. The molecule has 0 spiro atoms. The maximum absolute atomic E-state index is 12.4. The molecule has 3 unspecified atom stereocenters. The van der Waals surface area contributed by atoms with Crippen molar-refractivity contribution in [3.63, 3.8) is 0 Å². The molecule has 1 saturated heterocycles. The number of nitrogens with one attached hydrogen (secondary N) is 2. The Bertz CT molecular complexity index is 707. The lowest BCUT2D eigenvalue weighted by Gasteiger charge is -2.24. The molecule has 1 aromatic heterocycles. The number of aryl methyl sites for hydroxylation is 1. The van der Waals surface area contributed by atoms with Crippen molar-refractivity contribution in [3.8, 4) is 11.7 Å². The van der Waals surface area contributed by atoms with E-state index >= 15 is 0 Å². The molecule has 4 rings (SSSR count). The number of carbonyl (C=O) groups is 1. The second-order valence-electron chi connectivity index (χ2n) is 6.42. The number of amides is 1. The number of hydrogen-bond donors (Lipinski definition) is 2. The van der Waals surface area contributed by atoms with Gasteiger partial charge in [-0.15, -0.1) is 0 Å². The molecule has 2 fully saturated rings. The van der Waals surface area contributed by atoms with E-state index in [-0.39, 0.29) is 11.9 Å². The van der Waals surface area contributed by atoms with Crippen LogP contribution in [0.4, 0.5) is 0 Å². The highest BCUT2D eigenvalue weighted by Gasteiger charge is 2.39. The lowest BCUT2D eigenvalue weighted by atomic mass is 10.1. The van der Waals surface area contributed by atoms with Crippen molar-refractivity contribution in [1.82, 2.24) is 10.6 Å². The minimum absolute atomic E-state index is 0.0234. The van der Waals surface area contributed by atoms with E-state index in [1.54, 1.807) is 30.3 Å². The van der Waals surface area contributed by atoms with Gasteiger partial charge < -0.3 is 19.8 Å². The molecule has 0 radical (unpaired) electrons. The summed E-state index contributed by atoms with van der Waals surface area (Å²) >= 11 is 0. The number of benzene rings is 1. The molecular weight excluding hydrogens is 292 g/mol. The third kappa shape index (κ3) is 2.97.